The molecule has 2 fully saturated rings. The Bertz CT molecular complexity index is 449. The molecule has 2 aliphatic rings. The number of piperidine rings is 1. The normalized spacial score (nSPS) is 33.8. The van der Waals surface area contributed by atoms with Crippen LogP contribution in [0.4, 0.5) is 4.39 Å². The molecule has 0 aliphatic carbocycles. The van der Waals surface area contributed by atoms with Crippen LogP contribution < -0.4 is 14.7 Å². The molecule has 2 saturated heterocycles. The van der Waals surface area contributed by atoms with Crippen LogP contribution in [0.3, 0.4) is 0 Å². The molecule has 21 heavy (non-hydrogen) atoms. The number of hydrogen-bond acceptors (Lipinski definition) is 0. The Morgan fingerprint density at radius 3 is 2.43 bits per heavy atom. The van der Waals surface area contributed by atoms with Crippen LogP contribution in [0.2, 0.25) is 0 Å². The quantitative estimate of drug-likeness (QED) is 0.559. The Balaban J connectivity index is 1.47. The first-order valence-electron chi connectivity index (χ1n) is 8.44. The molecule has 3 N–H and O–H groups in total. The van der Waals surface area contributed by atoms with Gasteiger partial charge < -0.3 is 14.7 Å². The average Bonchev–Trinajstić information content (AvgIpc) is 2.49. The number of rotatable bonds is 3. The summed E-state index contributed by atoms with van der Waals surface area (Å²) in [5.41, 5.74) is 1.14. The number of nitrogens with one attached hydrogen (secondary N) is 3. The van der Waals surface area contributed by atoms with Gasteiger partial charge >= 0.3 is 0 Å². The molecule has 1 aromatic carbocycles. The van der Waals surface area contributed by atoms with Crippen LogP contribution in [-0.2, 0) is 6.54 Å². The maximum absolute atomic E-state index is 13.2. The van der Waals surface area contributed by atoms with Crippen molar-refractivity contribution in [1.29, 1.82) is 0 Å². The van der Waals surface area contributed by atoms with Crippen molar-refractivity contribution in [2.75, 3.05) is 46.3 Å². The summed E-state index contributed by atoms with van der Waals surface area (Å²) in [6.07, 6.45) is 2.66. The van der Waals surface area contributed by atoms with Crippen LogP contribution in [0.15, 0.2) is 24.3 Å². The van der Waals surface area contributed by atoms with E-state index in [0.717, 1.165) is 18.2 Å². The standard InChI is InChI=1S/C17H26FN3/c1-19-9-11-21(12-10-19)17-5-7-20(8-6-17)14-15-3-2-4-16(18)13-15/h2-4,13,17H,5-12,14H2,1H3/p+3. The summed E-state index contributed by atoms with van der Waals surface area (Å²) in [5, 5.41) is 0. The molecule has 0 saturated carbocycles. The summed E-state index contributed by atoms with van der Waals surface area (Å²) < 4.78 is 13.2. The first-order chi connectivity index (χ1) is 10.2. The van der Waals surface area contributed by atoms with Gasteiger partial charge in [-0.1, -0.05) is 12.1 Å². The van der Waals surface area contributed by atoms with E-state index in [2.05, 4.69) is 13.1 Å². The molecule has 1 aromatic rings. The van der Waals surface area contributed by atoms with Gasteiger partial charge in [-0.15, -0.1) is 0 Å². The Morgan fingerprint density at radius 1 is 1.05 bits per heavy atom. The Hall–Kier alpha value is -0.970. The molecule has 0 spiro atoms. The zero-order chi connectivity index (χ0) is 14.7. The van der Waals surface area contributed by atoms with E-state index >= 15 is 0 Å². The lowest BCUT2D eigenvalue weighted by Gasteiger charge is -2.37. The third-order valence-corrected chi connectivity index (χ3v) is 5.36. The van der Waals surface area contributed by atoms with Crippen LogP contribution in [0.1, 0.15) is 18.4 Å². The van der Waals surface area contributed by atoms with Gasteiger partial charge in [0.25, 0.3) is 0 Å². The third-order valence-electron chi connectivity index (χ3n) is 5.36. The maximum atomic E-state index is 13.2. The number of benzene rings is 1. The van der Waals surface area contributed by atoms with E-state index in [0.29, 0.717) is 0 Å². The van der Waals surface area contributed by atoms with Crippen LogP contribution in [0, 0.1) is 5.82 Å². The molecule has 2 heterocycles. The van der Waals surface area contributed by atoms with Crippen molar-refractivity contribution >= 4 is 0 Å². The molecule has 4 heteroatoms. The lowest BCUT2D eigenvalue weighted by atomic mass is 10.0. The van der Waals surface area contributed by atoms with Gasteiger partial charge in [-0.2, -0.15) is 0 Å². The first kappa shape index (κ1) is 14.9. The second-order valence-electron chi connectivity index (χ2n) is 6.95. The van der Waals surface area contributed by atoms with Gasteiger partial charge in [0.2, 0.25) is 0 Å². The molecule has 3 rings (SSSR count). The number of quaternary nitrogens is 3. The highest BCUT2D eigenvalue weighted by Gasteiger charge is 2.32. The van der Waals surface area contributed by atoms with Gasteiger partial charge in [-0.05, 0) is 12.1 Å². The lowest BCUT2D eigenvalue weighted by Crippen LogP contribution is -3.29. The molecule has 0 atom stereocenters. The molecule has 0 amide bonds. The van der Waals surface area contributed by atoms with Crippen LogP contribution in [0.25, 0.3) is 0 Å². The summed E-state index contributed by atoms with van der Waals surface area (Å²) in [4.78, 5) is 5.15. The van der Waals surface area contributed by atoms with Crippen molar-refractivity contribution in [3.63, 3.8) is 0 Å². The van der Waals surface area contributed by atoms with Gasteiger partial charge in [0.05, 0.1) is 26.2 Å². The van der Waals surface area contributed by atoms with E-state index in [1.165, 1.54) is 58.2 Å². The van der Waals surface area contributed by atoms with Crippen molar-refractivity contribution in [2.45, 2.75) is 25.4 Å². The van der Waals surface area contributed by atoms with Gasteiger partial charge in [0.1, 0.15) is 38.5 Å². The van der Waals surface area contributed by atoms with E-state index in [4.69, 9.17) is 0 Å². The zero-order valence-corrected chi connectivity index (χ0v) is 13.1. The minimum Gasteiger partial charge on any atom is -0.331 e. The van der Waals surface area contributed by atoms with E-state index < -0.39 is 0 Å². The molecular formula is C17H29FN3+3. The van der Waals surface area contributed by atoms with Crippen molar-refractivity contribution < 1.29 is 19.1 Å². The van der Waals surface area contributed by atoms with Gasteiger partial charge in [0, 0.05) is 18.4 Å². The van der Waals surface area contributed by atoms with Gasteiger partial charge in [-0.25, -0.2) is 4.39 Å². The number of piperazine rings is 1. The second-order valence-corrected chi connectivity index (χ2v) is 6.95. The van der Waals surface area contributed by atoms with Crippen LogP contribution in [0.5, 0.6) is 0 Å². The third kappa shape index (κ3) is 4.02. The average molecular weight is 294 g/mol. The molecule has 0 aromatic heterocycles. The monoisotopic (exact) mass is 294 g/mol. The largest absolute Gasteiger partial charge is 0.331 e. The molecule has 3 nitrogen and oxygen atoms in total. The Labute approximate surface area is 127 Å². The summed E-state index contributed by atoms with van der Waals surface area (Å²) in [7, 11) is 2.31. The molecule has 116 valence electrons. The molecule has 0 bridgehead atoms. The highest BCUT2D eigenvalue weighted by atomic mass is 19.1. The fraction of sp³-hybridized carbons (Fsp3) is 0.647. The highest BCUT2D eigenvalue weighted by molar-refractivity contribution is 5.14. The van der Waals surface area contributed by atoms with Crippen molar-refractivity contribution in [3.8, 4) is 0 Å². The maximum Gasteiger partial charge on any atom is 0.127 e. The predicted octanol–water partition coefficient (Wildman–Crippen LogP) is -2.21. The number of likely N-dealkylation sites (N-methyl/N-ethyl adjacent to an activating group) is 1. The van der Waals surface area contributed by atoms with E-state index in [-0.39, 0.29) is 5.82 Å². The van der Waals surface area contributed by atoms with E-state index in [1.54, 1.807) is 15.9 Å². The number of hydrogen-bond donors (Lipinski definition) is 3. The Kier molecular flexibility index (Phi) is 4.88. The topological polar surface area (TPSA) is 13.3 Å². The number of halogens is 1. The van der Waals surface area contributed by atoms with Crippen LogP contribution >= 0.6 is 0 Å². The number of likely N-dealkylation sites (tertiary alicyclic amines) is 1. The lowest BCUT2D eigenvalue weighted by molar-refractivity contribution is -1.02. The minimum atomic E-state index is -0.105. The van der Waals surface area contributed by atoms with Crippen LogP contribution in [-0.4, -0.2) is 52.4 Å². The molecular weight excluding hydrogens is 265 g/mol. The SMILES string of the molecule is C[NH+]1CC[NH+](C2CC[NH+](Cc3cccc(F)c3)CC2)CC1. The fourth-order valence-electron chi connectivity index (χ4n) is 3.95. The minimum absolute atomic E-state index is 0.105. The molecule has 0 unspecified atom stereocenters. The van der Waals surface area contributed by atoms with Crippen molar-refractivity contribution in [2.24, 2.45) is 0 Å². The second kappa shape index (κ2) is 6.86. The van der Waals surface area contributed by atoms with E-state index in [1.807, 2.05) is 11.0 Å². The summed E-state index contributed by atoms with van der Waals surface area (Å²) in [6, 6.07) is 7.97. The van der Waals surface area contributed by atoms with Crippen molar-refractivity contribution in [1.82, 2.24) is 0 Å². The zero-order valence-electron chi connectivity index (χ0n) is 13.1. The summed E-state index contributed by atoms with van der Waals surface area (Å²) >= 11 is 0. The molecule has 0 radical (unpaired) electrons. The smallest absolute Gasteiger partial charge is 0.127 e. The highest BCUT2D eigenvalue weighted by Crippen LogP contribution is 2.03. The van der Waals surface area contributed by atoms with Gasteiger partial charge in [-0.3, -0.25) is 0 Å². The first-order valence-corrected chi connectivity index (χ1v) is 8.44. The predicted molar refractivity (Wildman–Crippen MR) is 81.1 cm³/mol. The van der Waals surface area contributed by atoms with Crippen molar-refractivity contribution in [3.05, 3.63) is 35.6 Å². The van der Waals surface area contributed by atoms with E-state index in [9.17, 15) is 4.39 Å². The van der Waals surface area contributed by atoms with Gasteiger partial charge in [0.15, 0.2) is 0 Å². The summed E-state index contributed by atoms with van der Waals surface area (Å²) in [6.45, 7) is 8.80. The summed E-state index contributed by atoms with van der Waals surface area (Å²) in [5.74, 6) is -0.105. The molecule has 2 aliphatic heterocycles. The Morgan fingerprint density at radius 2 is 1.76 bits per heavy atom. The fourth-order valence-corrected chi connectivity index (χ4v) is 3.95.